The molecule has 4 rings (SSSR count). The van der Waals surface area contributed by atoms with Gasteiger partial charge in [-0.3, -0.25) is 4.79 Å². The van der Waals surface area contributed by atoms with Crippen LogP contribution in [0.5, 0.6) is 11.5 Å². The Kier molecular flexibility index (Phi) is 6.93. The number of amides is 1. The number of phenols is 1. The number of likely N-dealkylation sites (tertiary alicyclic amines) is 1. The molecule has 7 nitrogen and oxygen atoms in total. The Morgan fingerprint density at radius 2 is 1.94 bits per heavy atom. The lowest BCUT2D eigenvalue weighted by Gasteiger charge is -2.29. The molecule has 0 atom stereocenters. The molecular formula is C27H32N2O5. The highest BCUT2D eigenvalue weighted by Crippen LogP contribution is 2.30. The summed E-state index contributed by atoms with van der Waals surface area (Å²) < 4.78 is 11.8. The Hall–Kier alpha value is -3.32. The molecule has 0 saturated carbocycles. The van der Waals surface area contributed by atoms with Crippen LogP contribution in [-0.4, -0.2) is 42.2 Å². The monoisotopic (exact) mass is 464 g/mol. The molecule has 1 saturated heterocycles. The number of ether oxygens (including phenoxy) is 1. The fourth-order valence-electron chi connectivity index (χ4n) is 4.33. The first-order valence-corrected chi connectivity index (χ1v) is 11.8. The number of benzene rings is 2. The minimum Gasteiger partial charge on any atom is -0.508 e. The van der Waals surface area contributed by atoms with E-state index in [4.69, 9.17) is 9.15 Å². The molecule has 1 aromatic heterocycles. The van der Waals surface area contributed by atoms with Gasteiger partial charge in [-0.05, 0) is 81.1 Å². The summed E-state index contributed by atoms with van der Waals surface area (Å²) in [5.41, 5.74) is 1.73. The van der Waals surface area contributed by atoms with Crippen molar-refractivity contribution in [1.29, 1.82) is 0 Å². The highest BCUT2D eigenvalue weighted by molar-refractivity contribution is 6.05. The average Bonchev–Trinajstić information content (AvgIpc) is 2.79. The molecule has 1 aliphatic rings. The molecular weight excluding hydrogens is 432 g/mol. The van der Waals surface area contributed by atoms with Crippen LogP contribution in [-0.2, 0) is 6.42 Å². The number of carbonyl (C=O) groups excluding carboxylic acids is 1. The van der Waals surface area contributed by atoms with E-state index >= 15 is 0 Å². The third-order valence-corrected chi connectivity index (χ3v) is 6.28. The van der Waals surface area contributed by atoms with Crippen LogP contribution in [0.3, 0.4) is 0 Å². The van der Waals surface area contributed by atoms with Gasteiger partial charge in [0.15, 0.2) is 0 Å². The molecule has 0 spiro atoms. The number of nitrogens with zero attached hydrogens (tertiary/aromatic N) is 1. The number of phenolic OH excluding ortho intramolecular Hbond substituents is 1. The summed E-state index contributed by atoms with van der Waals surface area (Å²) in [6.45, 7) is 7.95. The van der Waals surface area contributed by atoms with Crippen LogP contribution >= 0.6 is 0 Å². The summed E-state index contributed by atoms with van der Waals surface area (Å²) in [6, 6.07) is 10.1. The first kappa shape index (κ1) is 23.8. The molecule has 7 heteroatoms. The zero-order valence-corrected chi connectivity index (χ0v) is 20.2. The van der Waals surface area contributed by atoms with Gasteiger partial charge in [0.1, 0.15) is 28.9 Å². The Morgan fingerprint density at radius 3 is 2.65 bits per heavy atom. The van der Waals surface area contributed by atoms with E-state index in [1.165, 1.54) is 12.1 Å². The average molecular weight is 465 g/mol. The highest BCUT2D eigenvalue weighted by atomic mass is 16.5. The van der Waals surface area contributed by atoms with Gasteiger partial charge in [-0.25, -0.2) is 4.79 Å². The smallest absolute Gasteiger partial charge is 0.360 e. The van der Waals surface area contributed by atoms with Gasteiger partial charge in [0.2, 0.25) is 0 Å². The second-order valence-corrected chi connectivity index (χ2v) is 9.57. The Bertz CT molecular complexity index is 1260. The molecule has 0 unspecified atom stereocenters. The van der Waals surface area contributed by atoms with Crippen molar-refractivity contribution in [2.24, 2.45) is 5.92 Å². The summed E-state index contributed by atoms with van der Waals surface area (Å²) in [5, 5.41) is 13.4. The number of hydrogen-bond acceptors (Lipinski definition) is 6. The summed E-state index contributed by atoms with van der Waals surface area (Å²) >= 11 is 0. The molecule has 180 valence electrons. The fraction of sp³-hybridized carbons (Fsp3) is 0.407. The van der Waals surface area contributed by atoms with Crippen LogP contribution in [0.4, 0.5) is 5.69 Å². The first-order chi connectivity index (χ1) is 16.2. The number of aryl methyl sites for hydroxylation is 1. The second kappa shape index (κ2) is 9.89. The van der Waals surface area contributed by atoms with Crippen molar-refractivity contribution >= 4 is 22.6 Å². The quantitative estimate of drug-likeness (QED) is 0.513. The van der Waals surface area contributed by atoms with Crippen LogP contribution < -0.4 is 15.7 Å². The molecule has 1 aliphatic heterocycles. The van der Waals surface area contributed by atoms with Crippen molar-refractivity contribution in [3.63, 3.8) is 0 Å². The fourth-order valence-corrected chi connectivity index (χ4v) is 4.33. The highest BCUT2D eigenvalue weighted by Gasteiger charge is 2.20. The van der Waals surface area contributed by atoms with Crippen LogP contribution in [0.15, 0.2) is 45.6 Å². The number of hydrogen-bond donors (Lipinski definition) is 2. The Balaban J connectivity index is 1.55. The molecule has 0 radical (unpaired) electrons. The van der Waals surface area contributed by atoms with E-state index in [1.807, 2.05) is 32.9 Å². The standard InChI is InChI=1S/C27H32N2O5/c1-16(2)13-20-14-19(5-7-23(20)30)26(31)28-22-15-18-6-8-24(17(3)25(18)34-27(22)32)33-21-9-11-29(4)12-10-21/h5-8,14-16,21,30H,9-13H2,1-4H3,(H,28,31). The zero-order chi connectivity index (χ0) is 24.4. The number of aromatic hydroxyl groups is 1. The molecule has 0 bridgehead atoms. The molecule has 1 amide bonds. The van der Waals surface area contributed by atoms with E-state index in [1.54, 1.807) is 12.1 Å². The maximum absolute atomic E-state index is 12.8. The predicted molar refractivity (Wildman–Crippen MR) is 133 cm³/mol. The van der Waals surface area contributed by atoms with Gasteiger partial charge in [0.05, 0.1) is 0 Å². The number of anilines is 1. The van der Waals surface area contributed by atoms with Crippen molar-refractivity contribution in [3.8, 4) is 11.5 Å². The lowest BCUT2D eigenvalue weighted by molar-refractivity contribution is 0.102. The first-order valence-electron chi connectivity index (χ1n) is 11.8. The molecule has 3 aromatic rings. The molecule has 2 aromatic carbocycles. The van der Waals surface area contributed by atoms with E-state index in [-0.39, 0.29) is 17.5 Å². The topological polar surface area (TPSA) is 92.0 Å². The van der Waals surface area contributed by atoms with Crippen LogP contribution in [0, 0.1) is 12.8 Å². The summed E-state index contributed by atoms with van der Waals surface area (Å²) in [7, 11) is 2.11. The third kappa shape index (κ3) is 5.25. The van der Waals surface area contributed by atoms with Crippen LogP contribution in [0.25, 0.3) is 11.0 Å². The number of rotatable bonds is 6. The minimum absolute atomic E-state index is 0.0689. The van der Waals surface area contributed by atoms with Crippen molar-refractivity contribution < 1.29 is 19.1 Å². The van der Waals surface area contributed by atoms with Gasteiger partial charge in [-0.15, -0.1) is 0 Å². The maximum atomic E-state index is 12.8. The van der Waals surface area contributed by atoms with Gasteiger partial charge in [0, 0.05) is 29.6 Å². The summed E-state index contributed by atoms with van der Waals surface area (Å²) in [6.07, 6.45) is 2.70. The SMILES string of the molecule is Cc1c(OC2CCN(C)CC2)ccc2cc(NC(=O)c3ccc(O)c(CC(C)C)c3)c(=O)oc12. The van der Waals surface area contributed by atoms with Crippen molar-refractivity contribution in [2.75, 3.05) is 25.5 Å². The van der Waals surface area contributed by atoms with Gasteiger partial charge in [0.25, 0.3) is 5.91 Å². The normalized spacial score (nSPS) is 15.1. The number of nitrogens with one attached hydrogen (secondary N) is 1. The Labute approximate surface area is 199 Å². The second-order valence-electron chi connectivity index (χ2n) is 9.57. The Morgan fingerprint density at radius 1 is 1.21 bits per heavy atom. The minimum atomic E-state index is -0.624. The summed E-state index contributed by atoms with van der Waals surface area (Å²) in [5.74, 6) is 0.761. The lowest BCUT2D eigenvalue weighted by atomic mass is 9.99. The third-order valence-electron chi connectivity index (χ3n) is 6.28. The van der Waals surface area contributed by atoms with E-state index in [2.05, 4.69) is 17.3 Å². The molecule has 34 heavy (non-hydrogen) atoms. The van der Waals surface area contributed by atoms with Gasteiger partial charge >= 0.3 is 5.63 Å². The van der Waals surface area contributed by atoms with Gasteiger partial charge in [-0.1, -0.05) is 13.8 Å². The summed E-state index contributed by atoms with van der Waals surface area (Å²) in [4.78, 5) is 27.8. The molecule has 2 heterocycles. The zero-order valence-electron chi connectivity index (χ0n) is 20.2. The largest absolute Gasteiger partial charge is 0.508 e. The van der Waals surface area contributed by atoms with E-state index in [0.717, 1.165) is 31.5 Å². The molecule has 1 fully saturated rings. The van der Waals surface area contributed by atoms with Gasteiger partial charge < -0.3 is 24.5 Å². The van der Waals surface area contributed by atoms with E-state index < -0.39 is 11.5 Å². The van der Waals surface area contributed by atoms with Crippen molar-refractivity contribution in [1.82, 2.24) is 4.90 Å². The molecule has 0 aliphatic carbocycles. The number of carbonyl (C=O) groups is 1. The van der Waals surface area contributed by atoms with Crippen molar-refractivity contribution in [2.45, 2.75) is 46.1 Å². The number of fused-ring (bicyclic) bond motifs is 1. The molecule has 2 N–H and O–H groups in total. The van der Waals surface area contributed by atoms with Crippen molar-refractivity contribution in [3.05, 3.63) is 63.5 Å². The van der Waals surface area contributed by atoms with E-state index in [0.29, 0.717) is 40.2 Å². The number of piperidine rings is 1. The maximum Gasteiger partial charge on any atom is 0.360 e. The van der Waals surface area contributed by atoms with Crippen LogP contribution in [0.1, 0.15) is 48.2 Å². The lowest BCUT2D eigenvalue weighted by Crippen LogP contribution is -2.35. The predicted octanol–water partition coefficient (Wildman–Crippen LogP) is 4.73. The van der Waals surface area contributed by atoms with Gasteiger partial charge in [-0.2, -0.15) is 0 Å². The van der Waals surface area contributed by atoms with Crippen LogP contribution in [0.2, 0.25) is 0 Å². The van der Waals surface area contributed by atoms with E-state index in [9.17, 15) is 14.7 Å².